The highest BCUT2D eigenvalue weighted by molar-refractivity contribution is 7.91. The van der Waals surface area contributed by atoms with Crippen molar-refractivity contribution in [1.82, 2.24) is 4.90 Å². The molecule has 0 radical (unpaired) electrons. The summed E-state index contributed by atoms with van der Waals surface area (Å²) in [4.78, 5) is 2.26. The minimum atomic E-state index is -2.75. The van der Waals surface area contributed by atoms with Gasteiger partial charge in [0, 0.05) is 6.54 Å². The number of nitrogens with zero attached hydrogens (tertiary/aromatic N) is 1. The molecule has 1 aliphatic rings. The third-order valence-electron chi connectivity index (χ3n) is 2.83. The van der Waals surface area contributed by atoms with Crippen LogP contribution < -0.4 is 5.73 Å². The Labute approximate surface area is 92.7 Å². The van der Waals surface area contributed by atoms with Crippen LogP contribution in [-0.2, 0) is 9.84 Å². The normalized spacial score (nSPS) is 22.5. The standard InChI is InChI=1S/C10H22N2O2S/c11-5-2-1-3-6-12-7-4-9-15(13,14)10-8-12/h1-11H2. The molecule has 2 N–H and O–H groups in total. The van der Waals surface area contributed by atoms with Crippen LogP contribution in [0.5, 0.6) is 0 Å². The molecule has 0 aliphatic carbocycles. The second-order valence-corrected chi connectivity index (χ2v) is 6.50. The van der Waals surface area contributed by atoms with Gasteiger partial charge in [-0.3, -0.25) is 0 Å². The van der Waals surface area contributed by atoms with E-state index in [1.807, 2.05) is 0 Å². The Kier molecular flexibility index (Phi) is 5.56. The minimum absolute atomic E-state index is 0.337. The summed E-state index contributed by atoms with van der Waals surface area (Å²) in [6, 6.07) is 0. The third-order valence-corrected chi connectivity index (χ3v) is 4.54. The Morgan fingerprint density at radius 2 is 1.87 bits per heavy atom. The summed E-state index contributed by atoms with van der Waals surface area (Å²) < 4.78 is 22.7. The fourth-order valence-corrected chi connectivity index (χ4v) is 3.18. The molecule has 5 heteroatoms. The smallest absolute Gasteiger partial charge is 0.151 e. The van der Waals surface area contributed by atoms with E-state index in [4.69, 9.17) is 5.73 Å². The maximum absolute atomic E-state index is 11.3. The average Bonchev–Trinajstić information content (AvgIpc) is 2.35. The van der Waals surface area contributed by atoms with Crippen molar-refractivity contribution in [3.63, 3.8) is 0 Å². The summed E-state index contributed by atoms with van der Waals surface area (Å²) in [6.45, 7) is 3.43. The second kappa shape index (κ2) is 6.45. The third kappa shape index (κ3) is 5.49. The van der Waals surface area contributed by atoms with E-state index in [2.05, 4.69) is 4.90 Å². The Balaban J connectivity index is 2.20. The molecule has 0 unspecified atom stereocenters. The molecule has 0 amide bonds. The molecular formula is C10H22N2O2S. The Bertz CT molecular complexity index is 265. The molecule has 1 aliphatic heterocycles. The zero-order valence-corrected chi connectivity index (χ0v) is 10.1. The van der Waals surface area contributed by atoms with Crippen LogP contribution in [0.15, 0.2) is 0 Å². The lowest BCUT2D eigenvalue weighted by Crippen LogP contribution is -2.28. The van der Waals surface area contributed by atoms with Gasteiger partial charge in [0.05, 0.1) is 11.5 Å². The first kappa shape index (κ1) is 12.9. The predicted molar refractivity (Wildman–Crippen MR) is 62.6 cm³/mol. The van der Waals surface area contributed by atoms with Crippen molar-refractivity contribution in [2.75, 3.05) is 37.7 Å². The topological polar surface area (TPSA) is 63.4 Å². The van der Waals surface area contributed by atoms with Crippen LogP contribution in [0.3, 0.4) is 0 Å². The van der Waals surface area contributed by atoms with Gasteiger partial charge in [-0.15, -0.1) is 0 Å². The molecule has 0 aromatic heterocycles. The number of hydrogen-bond donors (Lipinski definition) is 1. The Morgan fingerprint density at radius 1 is 1.07 bits per heavy atom. The summed E-state index contributed by atoms with van der Waals surface area (Å²) in [7, 11) is -2.75. The van der Waals surface area contributed by atoms with Gasteiger partial charge in [-0.2, -0.15) is 0 Å². The Hall–Kier alpha value is -0.130. The van der Waals surface area contributed by atoms with Gasteiger partial charge in [-0.1, -0.05) is 6.42 Å². The second-order valence-electron chi connectivity index (χ2n) is 4.20. The van der Waals surface area contributed by atoms with Gasteiger partial charge in [0.1, 0.15) is 0 Å². The highest BCUT2D eigenvalue weighted by Gasteiger charge is 2.18. The average molecular weight is 234 g/mol. The van der Waals surface area contributed by atoms with E-state index < -0.39 is 9.84 Å². The number of unbranched alkanes of at least 4 members (excludes halogenated alkanes) is 2. The van der Waals surface area contributed by atoms with Crippen LogP contribution in [-0.4, -0.2) is 51.0 Å². The van der Waals surface area contributed by atoms with Crippen molar-refractivity contribution in [3.8, 4) is 0 Å². The molecular weight excluding hydrogens is 212 g/mol. The van der Waals surface area contributed by atoms with Crippen LogP contribution >= 0.6 is 0 Å². The summed E-state index contributed by atoms with van der Waals surface area (Å²) in [5.74, 6) is 0.705. The van der Waals surface area contributed by atoms with Crippen LogP contribution in [0, 0.1) is 0 Å². The first-order valence-corrected chi connectivity index (χ1v) is 7.59. The SMILES string of the molecule is NCCCCCN1CCCS(=O)(=O)CC1. The highest BCUT2D eigenvalue weighted by Crippen LogP contribution is 2.06. The van der Waals surface area contributed by atoms with Crippen molar-refractivity contribution in [2.24, 2.45) is 5.73 Å². The lowest BCUT2D eigenvalue weighted by molar-refractivity contribution is 0.288. The van der Waals surface area contributed by atoms with Gasteiger partial charge in [0.25, 0.3) is 0 Å². The van der Waals surface area contributed by atoms with Gasteiger partial charge >= 0.3 is 0 Å². The fraction of sp³-hybridized carbons (Fsp3) is 1.00. The maximum Gasteiger partial charge on any atom is 0.151 e. The fourth-order valence-electron chi connectivity index (χ4n) is 1.87. The summed E-state index contributed by atoms with van der Waals surface area (Å²) in [5, 5.41) is 0. The van der Waals surface area contributed by atoms with E-state index in [0.717, 1.165) is 45.3 Å². The van der Waals surface area contributed by atoms with Crippen molar-refractivity contribution in [2.45, 2.75) is 25.7 Å². The Morgan fingerprint density at radius 3 is 2.60 bits per heavy atom. The number of rotatable bonds is 5. The summed E-state index contributed by atoms with van der Waals surface area (Å²) in [6.07, 6.45) is 4.16. The molecule has 1 rings (SSSR count). The van der Waals surface area contributed by atoms with E-state index in [0.29, 0.717) is 18.1 Å². The quantitative estimate of drug-likeness (QED) is 0.692. The monoisotopic (exact) mass is 234 g/mol. The molecule has 0 saturated carbocycles. The van der Waals surface area contributed by atoms with E-state index in [1.165, 1.54) is 0 Å². The zero-order valence-electron chi connectivity index (χ0n) is 9.32. The van der Waals surface area contributed by atoms with E-state index in [9.17, 15) is 8.42 Å². The van der Waals surface area contributed by atoms with E-state index >= 15 is 0 Å². The lowest BCUT2D eigenvalue weighted by atomic mass is 10.2. The maximum atomic E-state index is 11.3. The van der Waals surface area contributed by atoms with Crippen LogP contribution in [0.1, 0.15) is 25.7 Å². The van der Waals surface area contributed by atoms with Gasteiger partial charge in [-0.25, -0.2) is 8.42 Å². The molecule has 0 aromatic rings. The highest BCUT2D eigenvalue weighted by atomic mass is 32.2. The first-order chi connectivity index (χ1) is 7.14. The largest absolute Gasteiger partial charge is 0.330 e. The summed E-state index contributed by atoms with van der Waals surface area (Å²) in [5.41, 5.74) is 5.42. The summed E-state index contributed by atoms with van der Waals surface area (Å²) >= 11 is 0. The number of hydrogen-bond acceptors (Lipinski definition) is 4. The molecule has 4 nitrogen and oxygen atoms in total. The lowest BCUT2D eigenvalue weighted by Gasteiger charge is -2.18. The van der Waals surface area contributed by atoms with Crippen molar-refractivity contribution in [1.29, 1.82) is 0 Å². The predicted octanol–water partition coefficient (Wildman–Crippen LogP) is 0.236. The zero-order chi connectivity index (χ0) is 11.1. The van der Waals surface area contributed by atoms with Crippen molar-refractivity contribution in [3.05, 3.63) is 0 Å². The molecule has 0 aromatic carbocycles. The molecule has 90 valence electrons. The van der Waals surface area contributed by atoms with Crippen molar-refractivity contribution >= 4 is 9.84 Å². The van der Waals surface area contributed by atoms with Crippen molar-refractivity contribution < 1.29 is 8.42 Å². The number of nitrogens with two attached hydrogens (primary N) is 1. The molecule has 0 spiro atoms. The molecule has 0 bridgehead atoms. The van der Waals surface area contributed by atoms with Gasteiger partial charge < -0.3 is 10.6 Å². The molecule has 1 fully saturated rings. The first-order valence-electron chi connectivity index (χ1n) is 5.77. The minimum Gasteiger partial charge on any atom is -0.330 e. The molecule has 0 atom stereocenters. The molecule has 15 heavy (non-hydrogen) atoms. The van der Waals surface area contributed by atoms with E-state index in [1.54, 1.807) is 0 Å². The van der Waals surface area contributed by atoms with Gasteiger partial charge in [-0.05, 0) is 38.9 Å². The van der Waals surface area contributed by atoms with Crippen LogP contribution in [0.2, 0.25) is 0 Å². The van der Waals surface area contributed by atoms with Gasteiger partial charge in [0.2, 0.25) is 0 Å². The van der Waals surface area contributed by atoms with Gasteiger partial charge in [0.15, 0.2) is 9.84 Å². The van der Waals surface area contributed by atoms with Crippen LogP contribution in [0.4, 0.5) is 0 Å². The van der Waals surface area contributed by atoms with Crippen LogP contribution in [0.25, 0.3) is 0 Å². The number of sulfone groups is 1. The molecule has 1 saturated heterocycles. The molecule has 1 heterocycles. The van der Waals surface area contributed by atoms with E-state index in [-0.39, 0.29) is 0 Å².